The van der Waals surface area contributed by atoms with Crippen LogP contribution < -0.4 is 11.1 Å². The Hall–Kier alpha value is -0.570. The minimum atomic E-state index is 0.0466. The van der Waals surface area contributed by atoms with E-state index in [1.807, 2.05) is 0 Å². The molecule has 1 saturated carbocycles. The summed E-state index contributed by atoms with van der Waals surface area (Å²) in [6, 6.07) is 0.0697. The number of hydrogen-bond donors (Lipinski definition) is 2. The maximum Gasteiger partial charge on any atom is 0.224 e. The Morgan fingerprint density at radius 3 is 2.46 bits per heavy atom. The molecule has 1 fully saturated rings. The lowest BCUT2D eigenvalue weighted by Crippen LogP contribution is -2.41. The number of nitrogens with two attached hydrogens (primary N) is 1. The average Bonchev–Trinajstić information content (AvgIpc) is 2.11. The van der Waals surface area contributed by atoms with E-state index >= 15 is 0 Å². The van der Waals surface area contributed by atoms with Gasteiger partial charge in [-0.1, -0.05) is 25.7 Å². The van der Waals surface area contributed by atoms with Gasteiger partial charge in [0.15, 0.2) is 0 Å². The molecule has 0 bridgehead atoms. The summed E-state index contributed by atoms with van der Waals surface area (Å²) in [5.41, 5.74) is 5.96. The second-order valence-corrected chi connectivity index (χ2v) is 3.88. The fraction of sp³-hybridized carbons (Fsp3) is 0.900. The van der Waals surface area contributed by atoms with Crippen LogP contribution in [0.5, 0.6) is 0 Å². The van der Waals surface area contributed by atoms with Crippen molar-refractivity contribution in [3.05, 3.63) is 0 Å². The summed E-state index contributed by atoms with van der Waals surface area (Å²) in [6.07, 6.45) is 6.80. The van der Waals surface area contributed by atoms with Gasteiger partial charge in [0.05, 0.1) is 5.92 Å². The molecule has 0 spiro atoms. The molecule has 3 N–H and O–H groups in total. The lowest BCUT2D eigenvalue weighted by Gasteiger charge is -2.24. The maximum atomic E-state index is 11.5. The fourth-order valence-electron chi connectivity index (χ4n) is 2.02. The van der Waals surface area contributed by atoms with Crippen molar-refractivity contribution in [3.8, 4) is 0 Å². The molecule has 76 valence electrons. The fourth-order valence-corrected chi connectivity index (χ4v) is 2.02. The summed E-state index contributed by atoms with van der Waals surface area (Å²) in [4.78, 5) is 11.5. The van der Waals surface area contributed by atoms with Gasteiger partial charge in [-0.15, -0.1) is 0 Å². The first-order valence-electron chi connectivity index (χ1n) is 5.23. The van der Waals surface area contributed by atoms with Crippen LogP contribution in [0.2, 0.25) is 0 Å². The highest BCUT2D eigenvalue weighted by atomic mass is 16.1. The normalized spacial score (nSPS) is 30.3. The van der Waals surface area contributed by atoms with Crippen molar-refractivity contribution in [2.45, 2.75) is 44.6 Å². The first kappa shape index (κ1) is 10.5. The minimum Gasteiger partial charge on any atom is -0.359 e. The van der Waals surface area contributed by atoms with Crippen LogP contribution in [0.15, 0.2) is 0 Å². The molecule has 0 aromatic carbocycles. The van der Waals surface area contributed by atoms with Crippen molar-refractivity contribution in [2.75, 3.05) is 7.05 Å². The molecule has 3 heteroatoms. The molecular weight excluding hydrogens is 164 g/mol. The van der Waals surface area contributed by atoms with Gasteiger partial charge in [0.25, 0.3) is 0 Å². The van der Waals surface area contributed by atoms with Crippen molar-refractivity contribution in [1.29, 1.82) is 0 Å². The summed E-state index contributed by atoms with van der Waals surface area (Å²) < 4.78 is 0. The minimum absolute atomic E-state index is 0.0466. The SMILES string of the molecule is CNC(=O)C1CCCCCCC1N. The molecule has 3 nitrogen and oxygen atoms in total. The zero-order valence-corrected chi connectivity index (χ0v) is 8.38. The second-order valence-electron chi connectivity index (χ2n) is 3.88. The van der Waals surface area contributed by atoms with Gasteiger partial charge in [0.2, 0.25) is 5.91 Å². The molecule has 0 heterocycles. The molecule has 0 radical (unpaired) electrons. The number of carbonyl (C=O) groups is 1. The highest BCUT2D eigenvalue weighted by molar-refractivity contribution is 5.79. The molecule has 1 aliphatic rings. The van der Waals surface area contributed by atoms with Crippen LogP contribution in [-0.2, 0) is 4.79 Å². The third-order valence-electron chi connectivity index (χ3n) is 2.90. The summed E-state index contributed by atoms with van der Waals surface area (Å²) in [7, 11) is 1.69. The Balaban J connectivity index is 2.50. The first-order chi connectivity index (χ1) is 6.25. The number of rotatable bonds is 1. The van der Waals surface area contributed by atoms with E-state index < -0.39 is 0 Å². The molecule has 0 aromatic heterocycles. The Bertz CT molecular complexity index is 170. The molecule has 13 heavy (non-hydrogen) atoms. The third kappa shape index (κ3) is 2.99. The van der Waals surface area contributed by atoms with Crippen LogP contribution in [0.1, 0.15) is 38.5 Å². The zero-order valence-electron chi connectivity index (χ0n) is 8.38. The van der Waals surface area contributed by atoms with Gasteiger partial charge in [-0.05, 0) is 12.8 Å². The highest BCUT2D eigenvalue weighted by Gasteiger charge is 2.24. The van der Waals surface area contributed by atoms with Gasteiger partial charge in [-0.2, -0.15) is 0 Å². The van der Waals surface area contributed by atoms with Gasteiger partial charge >= 0.3 is 0 Å². The van der Waals surface area contributed by atoms with Crippen LogP contribution in [0.25, 0.3) is 0 Å². The van der Waals surface area contributed by atoms with Crippen molar-refractivity contribution in [3.63, 3.8) is 0 Å². The molecule has 2 unspecified atom stereocenters. The standard InChI is InChI=1S/C10H20N2O/c1-12-10(13)8-6-4-2-3-5-7-9(8)11/h8-9H,2-7,11H2,1H3,(H,12,13). The third-order valence-corrected chi connectivity index (χ3v) is 2.90. The molecule has 1 aliphatic carbocycles. The summed E-state index contributed by atoms with van der Waals surface area (Å²) in [6.45, 7) is 0. The molecule has 0 saturated heterocycles. The average molecular weight is 184 g/mol. The van der Waals surface area contributed by atoms with E-state index in [0.29, 0.717) is 0 Å². The summed E-state index contributed by atoms with van der Waals surface area (Å²) in [5.74, 6) is 0.166. The Kier molecular flexibility index (Phi) is 4.22. The molecule has 0 aliphatic heterocycles. The van der Waals surface area contributed by atoms with Crippen molar-refractivity contribution < 1.29 is 4.79 Å². The predicted molar refractivity (Wildman–Crippen MR) is 53.2 cm³/mol. The number of carbonyl (C=O) groups excluding carboxylic acids is 1. The largest absolute Gasteiger partial charge is 0.359 e. The van der Waals surface area contributed by atoms with Crippen LogP contribution in [0.3, 0.4) is 0 Å². The van der Waals surface area contributed by atoms with Crippen LogP contribution in [-0.4, -0.2) is 19.0 Å². The molecular formula is C10H20N2O. The van der Waals surface area contributed by atoms with Crippen LogP contribution in [0.4, 0.5) is 0 Å². The van der Waals surface area contributed by atoms with Gasteiger partial charge in [0.1, 0.15) is 0 Å². The molecule has 1 rings (SSSR count). The first-order valence-corrected chi connectivity index (χ1v) is 5.23. The Labute approximate surface area is 80.1 Å². The number of nitrogens with one attached hydrogen (secondary N) is 1. The monoisotopic (exact) mass is 184 g/mol. The summed E-state index contributed by atoms with van der Waals surface area (Å²) in [5, 5.41) is 2.69. The zero-order chi connectivity index (χ0) is 9.68. The van der Waals surface area contributed by atoms with E-state index in [4.69, 9.17) is 5.73 Å². The second kappa shape index (κ2) is 5.22. The van der Waals surface area contributed by atoms with Crippen LogP contribution in [0, 0.1) is 5.92 Å². The van der Waals surface area contributed by atoms with Gasteiger partial charge in [-0.25, -0.2) is 0 Å². The van der Waals surface area contributed by atoms with E-state index in [0.717, 1.165) is 19.3 Å². The smallest absolute Gasteiger partial charge is 0.224 e. The van der Waals surface area contributed by atoms with E-state index in [-0.39, 0.29) is 17.9 Å². The van der Waals surface area contributed by atoms with Crippen LogP contribution >= 0.6 is 0 Å². The molecule has 1 amide bonds. The van der Waals surface area contributed by atoms with E-state index in [1.54, 1.807) is 7.05 Å². The maximum absolute atomic E-state index is 11.5. The van der Waals surface area contributed by atoms with Crippen molar-refractivity contribution >= 4 is 5.91 Å². The summed E-state index contributed by atoms with van der Waals surface area (Å²) >= 11 is 0. The van der Waals surface area contributed by atoms with Gasteiger partial charge in [0, 0.05) is 13.1 Å². The van der Waals surface area contributed by atoms with Gasteiger partial charge in [-0.3, -0.25) is 4.79 Å². The number of hydrogen-bond acceptors (Lipinski definition) is 2. The van der Waals surface area contributed by atoms with Crippen molar-refractivity contribution in [2.24, 2.45) is 11.7 Å². The predicted octanol–water partition coefficient (Wildman–Crippen LogP) is 1.03. The van der Waals surface area contributed by atoms with E-state index in [9.17, 15) is 4.79 Å². The van der Waals surface area contributed by atoms with E-state index in [1.165, 1.54) is 19.3 Å². The lowest BCUT2D eigenvalue weighted by molar-refractivity contribution is -0.125. The Morgan fingerprint density at radius 1 is 1.23 bits per heavy atom. The lowest BCUT2D eigenvalue weighted by atomic mass is 9.87. The molecule has 2 atom stereocenters. The molecule has 0 aromatic rings. The number of amides is 1. The van der Waals surface area contributed by atoms with Gasteiger partial charge < -0.3 is 11.1 Å². The topological polar surface area (TPSA) is 55.1 Å². The Morgan fingerprint density at radius 2 is 1.85 bits per heavy atom. The van der Waals surface area contributed by atoms with Crippen molar-refractivity contribution in [1.82, 2.24) is 5.32 Å². The quantitative estimate of drug-likeness (QED) is 0.639. The highest BCUT2D eigenvalue weighted by Crippen LogP contribution is 2.21. The van der Waals surface area contributed by atoms with E-state index in [2.05, 4.69) is 5.32 Å².